The van der Waals surface area contributed by atoms with Crippen molar-refractivity contribution < 1.29 is 27.3 Å². The Morgan fingerprint density at radius 3 is 2.56 bits per heavy atom. The van der Waals surface area contributed by atoms with Gasteiger partial charge in [0.1, 0.15) is 10.9 Å². The summed E-state index contributed by atoms with van der Waals surface area (Å²) in [5, 5.41) is 13.0. The highest BCUT2D eigenvalue weighted by Gasteiger charge is 2.45. The summed E-state index contributed by atoms with van der Waals surface area (Å²) in [4.78, 5) is 34.5. The van der Waals surface area contributed by atoms with Gasteiger partial charge < -0.3 is 5.32 Å². The summed E-state index contributed by atoms with van der Waals surface area (Å²) >= 11 is 0. The van der Waals surface area contributed by atoms with E-state index in [4.69, 9.17) is 0 Å². The minimum absolute atomic E-state index is 0.0467. The summed E-state index contributed by atoms with van der Waals surface area (Å²) in [7, 11) is -4.21. The van der Waals surface area contributed by atoms with Gasteiger partial charge in [-0.05, 0) is 31.2 Å². The second kappa shape index (κ2) is 6.43. The summed E-state index contributed by atoms with van der Waals surface area (Å²) < 4.78 is 39.0. The molecule has 0 fully saturated rings. The zero-order valence-corrected chi connectivity index (χ0v) is 14.6. The number of sulfonamides is 1. The third-order valence-electron chi connectivity index (χ3n) is 4.00. The van der Waals surface area contributed by atoms with Crippen LogP contribution in [-0.4, -0.2) is 35.5 Å². The first-order valence-electron chi connectivity index (χ1n) is 7.57. The molecule has 2 aromatic rings. The molecule has 9 nitrogen and oxygen atoms in total. The van der Waals surface area contributed by atoms with Crippen molar-refractivity contribution in [3.63, 3.8) is 0 Å². The van der Waals surface area contributed by atoms with Crippen LogP contribution in [0.15, 0.2) is 47.4 Å². The van der Waals surface area contributed by atoms with Gasteiger partial charge >= 0.3 is 5.69 Å². The molecule has 11 heteroatoms. The third-order valence-corrected chi connectivity index (χ3v) is 5.91. The lowest BCUT2D eigenvalue weighted by Gasteiger charge is -2.22. The summed E-state index contributed by atoms with van der Waals surface area (Å²) in [5.41, 5.74) is -1.01. The quantitative estimate of drug-likeness (QED) is 0.624. The molecule has 2 amide bonds. The predicted molar refractivity (Wildman–Crippen MR) is 90.9 cm³/mol. The van der Waals surface area contributed by atoms with Gasteiger partial charge in [0.15, 0.2) is 0 Å². The number of carbonyl (C=O) groups is 2. The van der Waals surface area contributed by atoms with Gasteiger partial charge in [-0.1, -0.05) is 12.1 Å². The molecule has 1 aliphatic heterocycles. The number of halogens is 1. The Kier molecular flexibility index (Phi) is 4.39. The largest absolute Gasteiger partial charge is 0.324 e. The van der Waals surface area contributed by atoms with Gasteiger partial charge in [-0.25, -0.2) is 12.7 Å². The molecule has 27 heavy (non-hydrogen) atoms. The number of fused-ring (bicyclic) bond motifs is 1. The van der Waals surface area contributed by atoms with Crippen LogP contribution in [0.4, 0.5) is 15.8 Å². The van der Waals surface area contributed by atoms with Crippen LogP contribution < -0.4 is 5.32 Å². The molecule has 0 radical (unpaired) electrons. The molecule has 0 bridgehead atoms. The van der Waals surface area contributed by atoms with Crippen LogP contribution in [0.3, 0.4) is 0 Å². The molecule has 0 spiro atoms. The van der Waals surface area contributed by atoms with Crippen molar-refractivity contribution in [2.45, 2.75) is 17.9 Å². The Morgan fingerprint density at radius 2 is 1.93 bits per heavy atom. The fourth-order valence-electron chi connectivity index (χ4n) is 2.67. The Balaban J connectivity index is 1.88. The van der Waals surface area contributed by atoms with Gasteiger partial charge in [0, 0.05) is 11.8 Å². The third kappa shape index (κ3) is 3.01. The number of nitro benzene ring substituents is 1. The molecule has 3 rings (SSSR count). The number of rotatable bonds is 4. The van der Waals surface area contributed by atoms with Crippen molar-refractivity contribution >= 4 is 33.2 Å². The first-order chi connectivity index (χ1) is 12.6. The zero-order valence-electron chi connectivity index (χ0n) is 13.7. The molecule has 0 aliphatic carbocycles. The Morgan fingerprint density at radius 1 is 1.26 bits per heavy atom. The van der Waals surface area contributed by atoms with Gasteiger partial charge in [-0.15, -0.1) is 0 Å². The number of hydrogen-bond acceptors (Lipinski definition) is 6. The second-order valence-corrected chi connectivity index (χ2v) is 7.47. The van der Waals surface area contributed by atoms with Crippen LogP contribution in [0.1, 0.15) is 17.3 Å². The molecule has 0 aromatic heterocycles. The molecule has 1 atom stereocenters. The van der Waals surface area contributed by atoms with Crippen molar-refractivity contribution in [2.24, 2.45) is 0 Å². The molecule has 0 saturated carbocycles. The fourth-order valence-corrected chi connectivity index (χ4v) is 4.39. The smallest absolute Gasteiger partial charge is 0.306 e. The summed E-state index contributed by atoms with van der Waals surface area (Å²) in [6.07, 6.45) is 0. The van der Waals surface area contributed by atoms with Crippen LogP contribution in [0.5, 0.6) is 0 Å². The van der Waals surface area contributed by atoms with Crippen molar-refractivity contribution in [1.82, 2.24) is 4.31 Å². The van der Waals surface area contributed by atoms with E-state index < -0.39 is 44.3 Å². The maximum atomic E-state index is 13.4. The van der Waals surface area contributed by atoms with Crippen molar-refractivity contribution in [3.8, 4) is 0 Å². The Bertz CT molecular complexity index is 1090. The van der Waals surface area contributed by atoms with Gasteiger partial charge in [-0.3, -0.25) is 19.7 Å². The average molecular weight is 393 g/mol. The van der Waals surface area contributed by atoms with Crippen LogP contribution in [0, 0.1) is 15.9 Å². The molecule has 140 valence electrons. The number of amides is 2. The Hall–Kier alpha value is -3.34. The Labute approximate surface area is 152 Å². The lowest BCUT2D eigenvalue weighted by molar-refractivity contribution is -0.387. The van der Waals surface area contributed by atoms with E-state index in [-0.39, 0.29) is 16.1 Å². The number of anilines is 1. The number of benzene rings is 2. The van der Waals surface area contributed by atoms with Crippen LogP contribution in [0.2, 0.25) is 0 Å². The molecule has 2 aromatic carbocycles. The highest BCUT2D eigenvalue weighted by atomic mass is 32.2. The van der Waals surface area contributed by atoms with E-state index in [1.54, 1.807) is 0 Å². The van der Waals surface area contributed by atoms with Crippen molar-refractivity contribution in [2.75, 3.05) is 5.32 Å². The molecular formula is C16H12FN3O6S. The first-order valence-corrected chi connectivity index (χ1v) is 9.01. The van der Waals surface area contributed by atoms with E-state index >= 15 is 0 Å². The maximum Gasteiger partial charge on any atom is 0.306 e. The van der Waals surface area contributed by atoms with E-state index in [1.807, 2.05) is 0 Å². The molecular weight excluding hydrogens is 381 g/mol. The topological polar surface area (TPSA) is 127 Å². The normalized spacial score (nSPS) is 15.9. The lowest BCUT2D eigenvalue weighted by Crippen LogP contribution is -2.45. The van der Waals surface area contributed by atoms with Crippen LogP contribution in [0.25, 0.3) is 0 Å². The van der Waals surface area contributed by atoms with Crippen LogP contribution >= 0.6 is 0 Å². The minimum Gasteiger partial charge on any atom is -0.324 e. The van der Waals surface area contributed by atoms with Gasteiger partial charge in [0.2, 0.25) is 11.7 Å². The lowest BCUT2D eigenvalue weighted by atomic mass is 10.2. The monoisotopic (exact) mass is 393 g/mol. The second-order valence-electron chi connectivity index (χ2n) is 5.69. The summed E-state index contributed by atoms with van der Waals surface area (Å²) in [6, 6.07) is 6.80. The van der Waals surface area contributed by atoms with Crippen molar-refractivity contribution in [1.29, 1.82) is 0 Å². The molecule has 1 aliphatic rings. The summed E-state index contributed by atoms with van der Waals surface area (Å²) in [5.74, 6) is -2.84. The number of nitrogens with one attached hydrogen (secondary N) is 1. The van der Waals surface area contributed by atoms with E-state index in [1.165, 1.54) is 31.2 Å². The fraction of sp³-hybridized carbons (Fsp3) is 0.125. The van der Waals surface area contributed by atoms with Gasteiger partial charge in [-0.2, -0.15) is 4.39 Å². The minimum atomic E-state index is -4.21. The van der Waals surface area contributed by atoms with Gasteiger partial charge in [0.25, 0.3) is 15.9 Å². The predicted octanol–water partition coefficient (Wildman–Crippen LogP) is 1.91. The standard InChI is InChI=1S/C16H12FN3O6S/c1-9(15(21)18-10-6-7-12(17)13(8-10)20(23)24)19-16(22)11-4-2-3-5-14(11)27(19,25)26/h2-9H,1H3,(H,18,21). The van der Waals surface area contributed by atoms with E-state index in [0.29, 0.717) is 4.31 Å². The average Bonchev–Trinajstić information content (AvgIpc) is 2.82. The molecule has 1 unspecified atom stereocenters. The first kappa shape index (κ1) is 18.5. The number of nitro groups is 1. The molecule has 1 N–H and O–H groups in total. The van der Waals surface area contributed by atoms with E-state index in [2.05, 4.69) is 5.32 Å². The molecule has 0 saturated heterocycles. The maximum absolute atomic E-state index is 13.4. The highest BCUT2D eigenvalue weighted by Crippen LogP contribution is 2.32. The zero-order chi connectivity index (χ0) is 19.9. The number of carbonyl (C=O) groups excluding carboxylic acids is 2. The van der Waals surface area contributed by atoms with Gasteiger partial charge in [0.05, 0.1) is 10.5 Å². The van der Waals surface area contributed by atoms with Crippen molar-refractivity contribution in [3.05, 3.63) is 64.0 Å². The highest BCUT2D eigenvalue weighted by molar-refractivity contribution is 7.90. The van der Waals surface area contributed by atoms with E-state index in [0.717, 1.165) is 18.2 Å². The number of nitrogens with zero attached hydrogens (tertiary/aromatic N) is 2. The van der Waals surface area contributed by atoms with Crippen LogP contribution in [-0.2, 0) is 14.8 Å². The number of hydrogen-bond donors (Lipinski definition) is 1. The van der Waals surface area contributed by atoms with E-state index in [9.17, 15) is 32.5 Å². The SMILES string of the molecule is CC(C(=O)Nc1ccc(F)c([N+](=O)[O-])c1)N1C(=O)c2ccccc2S1(=O)=O. The summed E-state index contributed by atoms with van der Waals surface area (Å²) in [6.45, 7) is 1.20. The molecule has 1 heterocycles.